The number of benzene rings is 1. The zero-order chi connectivity index (χ0) is 16.1. The van der Waals surface area contributed by atoms with Gasteiger partial charge in [0.25, 0.3) is 5.91 Å². The molecule has 1 N–H and O–H groups in total. The van der Waals surface area contributed by atoms with Gasteiger partial charge in [0.1, 0.15) is 0 Å². The maximum Gasteiger partial charge on any atom is 0.276 e. The summed E-state index contributed by atoms with van der Waals surface area (Å²) in [7, 11) is 0. The topological polar surface area (TPSA) is 63.1 Å². The lowest BCUT2D eigenvalue weighted by Crippen LogP contribution is -2.42. The number of rotatable bonds is 6. The molecule has 0 spiro atoms. The normalized spacial score (nSPS) is 17.3. The van der Waals surface area contributed by atoms with E-state index in [0.717, 1.165) is 38.0 Å². The Hall–Kier alpha value is -2.21. The standard InChI is InChI=1S/C17H23N5O/c1-2-10-22(15-8-9-18-11-15)17(23)16-13-21(20-19-16)12-14-6-4-3-5-7-14/h3-7,13,15,18H,2,8-12H2,1H3. The molecule has 2 heterocycles. The molecule has 0 aliphatic carbocycles. The minimum absolute atomic E-state index is 0.0140. The summed E-state index contributed by atoms with van der Waals surface area (Å²) in [6.07, 6.45) is 3.70. The van der Waals surface area contributed by atoms with E-state index in [-0.39, 0.29) is 11.9 Å². The third kappa shape index (κ3) is 3.76. The van der Waals surface area contributed by atoms with Crippen LogP contribution < -0.4 is 5.32 Å². The van der Waals surface area contributed by atoms with Crippen LogP contribution in [0.4, 0.5) is 0 Å². The first-order valence-electron chi connectivity index (χ1n) is 8.23. The first-order chi connectivity index (χ1) is 11.3. The molecule has 1 saturated heterocycles. The molecule has 1 aliphatic rings. The highest BCUT2D eigenvalue weighted by molar-refractivity contribution is 5.92. The van der Waals surface area contributed by atoms with E-state index in [9.17, 15) is 4.79 Å². The van der Waals surface area contributed by atoms with Crippen molar-refractivity contribution in [2.45, 2.75) is 32.4 Å². The average molecular weight is 313 g/mol. The second kappa shape index (κ2) is 7.37. The fourth-order valence-corrected chi connectivity index (χ4v) is 2.99. The monoisotopic (exact) mass is 313 g/mol. The van der Waals surface area contributed by atoms with Gasteiger partial charge in [-0.3, -0.25) is 4.79 Å². The Morgan fingerprint density at radius 2 is 2.22 bits per heavy atom. The smallest absolute Gasteiger partial charge is 0.276 e. The second-order valence-electron chi connectivity index (χ2n) is 5.93. The molecule has 1 fully saturated rings. The van der Waals surface area contributed by atoms with Gasteiger partial charge in [-0.1, -0.05) is 42.5 Å². The molecule has 122 valence electrons. The Morgan fingerprint density at radius 1 is 1.39 bits per heavy atom. The average Bonchev–Trinajstić information content (AvgIpc) is 3.25. The maximum absolute atomic E-state index is 12.8. The predicted molar refractivity (Wildman–Crippen MR) is 88.2 cm³/mol. The predicted octanol–water partition coefficient (Wildman–Crippen LogP) is 1.54. The van der Waals surface area contributed by atoms with Crippen LogP contribution in [0.1, 0.15) is 35.8 Å². The molecule has 1 aromatic heterocycles. The van der Waals surface area contributed by atoms with Crippen LogP contribution in [-0.2, 0) is 6.54 Å². The van der Waals surface area contributed by atoms with Crippen molar-refractivity contribution in [3.63, 3.8) is 0 Å². The van der Waals surface area contributed by atoms with Crippen LogP contribution in [0.15, 0.2) is 36.5 Å². The summed E-state index contributed by atoms with van der Waals surface area (Å²) >= 11 is 0. The SMILES string of the molecule is CCCN(C(=O)c1cn(Cc2ccccc2)nn1)C1CCNC1. The quantitative estimate of drug-likeness (QED) is 0.879. The number of hydrogen-bond acceptors (Lipinski definition) is 4. The molecule has 1 atom stereocenters. The molecule has 0 bridgehead atoms. The summed E-state index contributed by atoms with van der Waals surface area (Å²) in [4.78, 5) is 14.7. The number of carbonyl (C=O) groups excluding carboxylic acids is 1. The van der Waals surface area contributed by atoms with E-state index >= 15 is 0 Å². The molecule has 1 aromatic carbocycles. The summed E-state index contributed by atoms with van der Waals surface area (Å²) in [5.41, 5.74) is 1.57. The Balaban J connectivity index is 1.71. The van der Waals surface area contributed by atoms with Crippen LogP contribution in [0.3, 0.4) is 0 Å². The second-order valence-corrected chi connectivity index (χ2v) is 5.93. The van der Waals surface area contributed by atoms with E-state index in [1.165, 1.54) is 0 Å². The molecule has 2 aromatic rings. The third-order valence-corrected chi connectivity index (χ3v) is 4.15. The zero-order valence-electron chi connectivity index (χ0n) is 13.5. The molecule has 23 heavy (non-hydrogen) atoms. The van der Waals surface area contributed by atoms with Gasteiger partial charge in [0.15, 0.2) is 5.69 Å². The fourth-order valence-electron chi connectivity index (χ4n) is 2.99. The highest BCUT2D eigenvalue weighted by atomic mass is 16.2. The zero-order valence-corrected chi connectivity index (χ0v) is 13.5. The van der Waals surface area contributed by atoms with Crippen molar-refractivity contribution in [2.75, 3.05) is 19.6 Å². The van der Waals surface area contributed by atoms with Gasteiger partial charge in [0, 0.05) is 19.1 Å². The Morgan fingerprint density at radius 3 is 2.91 bits per heavy atom. The molecular formula is C17H23N5O. The summed E-state index contributed by atoms with van der Waals surface area (Å²) in [6, 6.07) is 10.3. The number of nitrogens with one attached hydrogen (secondary N) is 1. The van der Waals surface area contributed by atoms with Crippen LogP contribution in [-0.4, -0.2) is 51.5 Å². The van der Waals surface area contributed by atoms with Gasteiger partial charge in [0.2, 0.25) is 0 Å². The number of hydrogen-bond donors (Lipinski definition) is 1. The van der Waals surface area contributed by atoms with Crippen LogP contribution in [0.2, 0.25) is 0 Å². The third-order valence-electron chi connectivity index (χ3n) is 4.15. The molecule has 0 saturated carbocycles. The number of aromatic nitrogens is 3. The van der Waals surface area contributed by atoms with E-state index in [0.29, 0.717) is 12.2 Å². The van der Waals surface area contributed by atoms with Gasteiger partial charge in [0.05, 0.1) is 12.7 Å². The number of amides is 1. The Labute approximate surface area is 136 Å². The lowest BCUT2D eigenvalue weighted by atomic mass is 10.2. The summed E-state index contributed by atoms with van der Waals surface area (Å²) < 4.78 is 1.72. The van der Waals surface area contributed by atoms with E-state index in [4.69, 9.17) is 0 Å². The van der Waals surface area contributed by atoms with E-state index < -0.39 is 0 Å². The van der Waals surface area contributed by atoms with Gasteiger partial charge in [-0.25, -0.2) is 4.68 Å². The van der Waals surface area contributed by atoms with Gasteiger partial charge >= 0.3 is 0 Å². The molecular weight excluding hydrogens is 290 g/mol. The molecule has 1 aliphatic heterocycles. The van der Waals surface area contributed by atoms with E-state index in [2.05, 4.69) is 22.6 Å². The molecule has 1 unspecified atom stereocenters. The van der Waals surface area contributed by atoms with E-state index in [1.807, 2.05) is 35.2 Å². The lowest BCUT2D eigenvalue weighted by molar-refractivity contribution is 0.0686. The number of nitrogens with zero attached hydrogens (tertiary/aromatic N) is 4. The van der Waals surface area contributed by atoms with Crippen LogP contribution in [0.5, 0.6) is 0 Å². The molecule has 6 heteroatoms. The fraction of sp³-hybridized carbons (Fsp3) is 0.471. The van der Waals surface area contributed by atoms with Gasteiger partial charge in [-0.2, -0.15) is 0 Å². The van der Waals surface area contributed by atoms with Crippen molar-refractivity contribution in [1.29, 1.82) is 0 Å². The molecule has 3 rings (SSSR count). The Kier molecular flexibility index (Phi) is 5.02. The first kappa shape index (κ1) is 15.7. The molecule has 0 radical (unpaired) electrons. The van der Waals surface area contributed by atoms with Crippen molar-refractivity contribution < 1.29 is 4.79 Å². The van der Waals surface area contributed by atoms with Crippen molar-refractivity contribution in [3.8, 4) is 0 Å². The van der Waals surface area contributed by atoms with Gasteiger partial charge in [-0.05, 0) is 24.9 Å². The molecule has 6 nitrogen and oxygen atoms in total. The summed E-state index contributed by atoms with van der Waals surface area (Å²) in [5, 5.41) is 11.5. The highest BCUT2D eigenvalue weighted by Gasteiger charge is 2.28. The summed E-state index contributed by atoms with van der Waals surface area (Å²) in [6.45, 7) is 5.31. The minimum atomic E-state index is -0.0140. The van der Waals surface area contributed by atoms with Crippen LogP contribution in [0.25, 0.3) is 0 Å². The maximum atomic E-state index is 12.8. The van der Waals surface area contributed by atoms with Crippen LogP contribution >= 0.6 is 0 Å². The van der Waals surface area contributed by atoms with Crippen molar-refractivity contribution in [3.05, 3.63) is 47.8 Å². The van der Waals surface area contributed by atoms with Crippen molar-refractivity contribution >= 4 is 5.91 Å². The van der Waals surface area contributed by atoms with Gasteiger partial charge < -0.3 is 10.2 Å². The minimum Gasteiger partial charge on any atom is -0.333 e. The highest BCUT2D eigenvalue weighted by Crippen LogP contribution is 2.13. The number of carbonyl (C=O) groups is 1. The summed E-state index contributed by atoms with van der Waals surface area (Å²) in [5.74, 6) is -0.0140. The van der Waals surface area contributed by atoms with E-state index in [1.54, 1.807) is 10.9 Å². The van der Waals surface area contributed by atoms with Gasteiger partial charge in [-0.15, -0.1) is 5.10 Å². The largest absolute Gasteiger partial charge is 0.333 e. The molecule has 1 amide bonds. The van der Waals surface area contributed by atoms with Crippen LogP contribution in [0, 0.1) is 0 Å². The first-order valence-corrected chi connectivity index (χ1v) is 8.23. The van der Waals surface area contributed by atoms with Crippen molar-refractivity contribution in [1.82, 2.24) is 25.2 Å². The lowest BCUT2D eigenvalue weighted by Gasteiger charge is -2.27. The van der Waals surface area contributed by atoms with Crippen molar-refractivity contribution in [2.24, 2.45) is 0 Å². The Bertz CT molecular complexity index is 633.